The number of hydrogen-bond acceptors (Lipinski definition) is 3. The van der Waals surface area contributed by atoms with Gasteiger partial charge in [-0.2, -0.15) is 0 Å². The zero-order valence-electron chi connectivity index (χ0n) is 8.07. The van der Waals surface area contributed by atoms with Gasteiger partial charge in [-0.15, -0.1) is 0 Å². The Balaban J connectivity index is 2.26. The van der Waals surface area contributed by atoms with E-state index < -0.39 is 17.8 Å². The predicted octanol–water partition coefficient (Wildman–Crippen LogP) is 1.17. The molecule has 84 valence electrons. The third kappa shape index (κ3) is 2.08. The second-order valence-corrected chi connectivity index (χ2v) is 4.23. The number of amides is 3. The van der Waals surface area contributed by atoms with E-state index in [9.17, 15) is 14.0 Å². The summed E-state index contributed by atoms with van der Waals surface area (Å²) < 4.78 is 14.1. The molecule has 3 amide bonds. The first-order chi connectivity index (χ1) is 7.56. The van der Waals surface area contributed by atoms with Crippen LogP contribution in [-0.4, -0.2) is 22.8 Å². The van der Waals surface area contributed by atoms with Crippen LogP contribution >= 0.6 is 11.9 Å². The van der Waals surface area contributed by atoms with E-state index in [1.165, 1.54) is 18.2 Å². The van der Waals surface area contributed by atoms with E-state index in [4.69, 9.17) is 5.73 Å². The van der Waals surface area contributed by atoms with Crippen LogP contribution in [0.1, 0.15) is 0 Å². The van der Waals surface area contributed by atoms with Gasteiger partial charge in [0.05, 0.1) is 10.6 Å². The van der Waals surface area contributed by atoms with Crippen LogP contribution in [-0.2, 0) is 4.79 Å². The number of nitrogens with zero attached hydrogens (tertiary/aromatic N) is 1. The molecule has 2 rings (SSSR count). The molecule has 5 nitrogen and oxygen atoms in total. The van der Waals surface area contributed by atoms with E-state index in [2.05, 4.69) is 5.32 Å². The molecule has 0 bridgehead atoms. The summed E-state index contributed by atoms with van der Waals surface area (Å²) in [4.78, 5) is 22.7. The van der Waals surface area contributed by atoms with Gasteiger partial charge in [0.2, 0.25) is 5.91 Å². The Bertz CT molecular complexity index is 466. The molecule has 0 unspecified atom stereocenters. The first-order valence-electron chi connectivity index (χ1n) is 4.40. The third-order valence-corrected chi connectivity index (χ3v) is 2.97. The molecule has 0 saturated carbocycles. The highest BCUT2D eigenvalue weighted by Crippen LogP contribution is 2.35. The van der Waals surface area contributed by atoms with Crippen molar-refractivity contribution in [2.24, 2.45) is 5.73 Å². The summed E-state index contributed by atoms with van der Waals surface area (Å²) in [6.07, 6.45) is 0. The van der Waals surface area contributed by atoms with E-state index in [0.717, 1.165) is 16.3 Å². The van der Waals surface area contributed by atoms with Crippen molar-refractivity contribution < 1.29 is 14.0 Å². The summed E-state index contributed by atoms with van der Waals surface area (Å²) in [7, 11) is 0. The molecule has 1 aromatic rings. The highest BCUT2D eigenvalue weighted by Gasteiger charge is 2.25. The topological polar surface area (TPSA) is 75.4 Å². The molecule has 0 atom stereocenters. The summed E-state index contributed by atoms with van der Waals surface area (Å²) in [6, 6.07) is 3.57. The quantitative estimate of drug-likeness (QED) is 0.763. The minimum absolute atomic E-state index is 0.216. The standard InChI is InChI=1S/C9H8FN3O2S/c10-5-1-2-6-7(3-5)16-13(4-8(11)14)9(15)12-6/h1-3H,4H2,(H2,11,14)(H,12,15). The monoisotopic (exact) mass is 241 g/mol. The SMILES string of the molecule is NC(=O)CN1Sc2cc(F)ccc2NC1=O. The second kappa shape index (κ2) is 4.01. The van der Waals surface area contributed by atoms with Crippen molar-refractivity contribution in [2.45, 2.75) is 4.90 Å². The van der Waals surface area contributed by atoms with Crippen LogP contribution in [0.5, 0.6) is 0 Å². The minimum atomic E-state index is -0.623. The van der Waals surface area contributed by atoms with Gasteiger partial charge in [0.1, 0.15) is 12.4 Å². The first-order valence-corrected chi connectivity index (χ1v) is 5.18. The Morgan fingerprint density at radius 2 is 2.31 bits per heavy atom. The lowest BCUT2D eigenvalue weighted by Gasteiger charge is -2.26. The molecule has 0 spiro atoms. The molecule has 0 saturated heterocycles. The lowest BCUT2D eigenvalue weighted by Crippen LogP contribution is -2.38. The van der Waals surface area contributed by atoms with Gasteiger partial charge in [0.15, 0.2) is 0 Å². The Hall–Kier alpha value is -1.76. The highest BCUT2D eigenvalue weighted by molar-refractivity contribution is 7.97. The van der Waals surface area contributed by atoms with E-state index in [1.807, 2.05) is 0 Å². The van der Waals surface area contributed by atoms with Gasteiger partial charge in [-0.05, 0) is 30.1 Å². The number of nitrogens with one attached hydrogen (secondary N) is 1. The Kier molecular flexibility index (Phi) is 2.69. The number of carbonyl (C=O) groups is 2. The van der Waals surface area contributed by atoms with Crippen LogP contribution in [0.4, 0.5) is 14.9 Å². The lowest BCUT2D eigenvalue weighted by atomic mass is 10.3. The van der Waals surface area contributed by atoms with E-state index in [-0.39, 0.29) is 6.54 Å². The lowest BCUT2D eigenvalue weighted by molar-refractivity contribution is -0.117. The average molecular weight is 241 g/mol. The molecule has 0 aromatic heterocycles. The molecule has 3 N–H and O–H groups in total. The fourth-order valence-corrected chi connectivity index (χ4v) is 2.20. The summed E-state index contributed by atoms with van der Waals surface area (Å²) in [6.45, 7) is -0.216. The Labute approximate surface area is 94.9 Å². The largest absolute Gasteiger partial charge is 0.368 e. The first kappa shape index (κ1) is 10.7. The molecule has 16 heavy (non-hydrogen) atoms. The molecular weight excluding hydrogens is 233 g/mol. The summed E-state index contributed by atoms with van der Waals surface area (Å²) in [5, 5.41) is 2.53. The Morgan fingerprint density at radius 1 is 1.56 bits per heavy atom. The maximum atomic E-state index is 12.9. The van der Waals surface area contributed by atoms with Crippen molar-refractivity contribution in [1.29, 1.82) is 0 Å². The van der Waals surface area contributed by atoms with Crippen LogP contribution in [0.15, 0.2) is 23.1 Å². The molecule has 1 aliphatic heterocycles. The van der Waals surface area contributed by atoms with Crippen LogP contribution in [0.3, 0.4) is 0 Å². The van der Waals surface area contributed by atoms with Crippen LogP contribution in [0.2, 0.25) is 0 Å². The van der Waals surface area contributed by atoms with Gasteiger partial charge in [0, 0.05) is 0 Å². The summed E-state index contributed by atoms with van der Waals surface area (Å²) in [5.41, 5.74) is 5.51. The zero-order valence-corrected chi connectivity index (χ0v) is 8.88. The molecule has 1 aromatic carbocycles. The van der Waals surface area contributed by atoms with Gasteiger partial charge < -0.3 is 11.1 Å². The van der Waals surface area contributed by atoms with Gasteiger partial charge in [-0.3, -0.25) is 9.10 Å². The van der Waals surface area contributed by atoms with Crippen LogP contribution in [0, 0.1) is 5.82 Å². The molecule has 0 fully saturated rings. The maximum absolute atomic E-state index is 12.9. The number of rotatable bonds is 2. The van der Waals surface area contributed by atoms with Crippen molar-refractivity contribution in [3.63, 3.8) is 0 Å². The number of nitrogens with two attached hydrogens (primary N) is 1. The van der Waals surface area contributed by atoms with E-state index in [1.54, 1.807) is 0 Å². The molecule has 0 aliphatic carbocycles. The number of hydrogen-bond donors (Lipinski definition) is 2. The highest BCUT2D eigenvalue weighted by atomic mass is 32.2. The van der Waals surface area contributed by atoms with Gasteiger partial charge in [-0.1, -0.05) is 0 Å². The number of urea groups is 1. The van der Waals surface area contributed by atoms with Crippen molar-refractivity contribution in [3.8, 4) is 0 Å². The van der Waals surface area contributed by atoms with Gasteiger partial charge in [-0.25, -0.2) is 9.18 Å². The molecule has 1 aliphatic rings. The number of fused-ring (bicyclic) bond motifs is 1. The van der Waals surface area contributed by atoms with Crippen LogP contribution in [0.25, 0.3) is 0 Å². The third-order valence-electron chi connectivity index (χ3n) is 1.92. The Morgan fingerprint density at radius 3 is 3.00 bits per heavy atom. The van der Waals surface area contributed by atoms with E-state index in [0.29, 0.717) is 10.6 Å². The smallest absolute Gasteiger partial charge is 0.332 e. The number of anilines is 1. The minimum Gasteiger partial charge on any atom is -0.368 e. The number of primary amides is 1. The molecule has 0 radical (unpaired) electrons. The van der Waals surface area contributed by atoms with E-state index >= 15 is 0 Å². The van der Waals surface area contributed by atoms with Crippen molar-refractivity contribution in [1.82, 2.24) is 4.31 Å². The normalized spacial score (nSPS) is 14.3. The van der Waals surface area contributed by atoms with Crippen molar-refractivity contribution >= 4 is 29.6 Å². The van der Waals surface area contributed by atoms with Crippen LogP contribution < -0.4 is 11.1 Å². The zero-order chi connectivity index (χ0) is 11.7. The maximum Gasteiger partial charge on any atom is 0.332 e. The van der Waals surface area contributed by atoms with Gasteiger partial charge >= 0.3 is 6.03 Å². The van der Waals surface area contributed by atoms with Crippen molar-refractivity contribution in [3.05, 3.63) is 24.0 Å². The molecule has 7 heteroatoms. The summed E-state index contributed by atoms with van der Waals surface area (Å²) in [5.74, 6) is -1.02. The number of halogens is 1. The molecule has 1 heterocycles. The number of benzene rings is 1. The molecular formula is C9H8FN3O2S. The fourth-order valence-electron chi connectivity index (χ4n) is 1.26. The fraction of sp³-hybridized carbons (Fsp3) is 0.111. The second-order valence-electron chi connectivity index (χ2n) is 3.16. The average Bonchev–Trinajstić information content (AvgIpc) is 2.19. The predicted molar refractivity (Wildman–Crippen MR) is 57.2 cm³/mol. The van der Waals surface area contributed by atoms with Crippen molar-refractivity contribution in [2.75, 3.05) is 11.9 Å². The number of carbonyl (C=O) groups excluding carboxylic acids is 2. The van der Waals surface area contributed by atoms with Gasteiger partial charge in [0.25, 0.3) is 0 Å². The summed E-state index contributed by atoms with van der Waals surface area (Å²) >= 11 is 0.988.